The molecule has 2 N–H and O–H groups in total. The fraction of sp³-hybridized carbons (Fsp3) is 0.455. The predicted molar refractivity (Wildman–Crippen MR) is 73.7 cm³/mol. The molecular formula is C11H14BrF3N2O2S. The van der Waals surface area contributed by atoms with E-state index in [1.54, 1.807) is 6.92 Å². The van der Waals surface area contributed by atoms with E-state index in [9.17, 15) is 21.6 Å². The van der Waals surface area contributed by atoms with Crippen LogP contribution in [0.3, 0.4) is 0 Å². The molecule has 1 rings (SSSR count). The van der Waals surface area contributed by atoms with Gasteiger partial charge in [-0.1, -0.05) is 22.9 Å². The van der Waals surface area contributed by atoms with Gasteiger partial charge in [-0.15, -0.1) is 0 Å². The summed E-state index contributed by atoms with van der Waals surface area (Å²) in [6.45, 7) is -0.161. The van der Waals surface area contributed by atoms with Crippen LogP contribution in [0.4, 0.5) is 18.9 Å². The van der Waals surface area contributed by atoms with Crippen molar-refractivity contribution in [2.24, 2.45) is 0 Å². The van der Waals surface area contributed by atoms with Crippen molar-refractivity contribution in [3.8, 4) is 0 Å². The minimum atomic E-state index is -4.61. The standard InChI is InChI=1S/C11H14BrF3N2O2S/c1-2-5-17(7-11(13,14)15)20(18,19)10-6-8(12)3-4-9(10)16/h3-4,6H,2,5,7,16H2,1H3. The fourth-order valence-corrected chi connectivity index (χ4v) is 3.78. The molecule has 9 heteroatoms. The van der Waals surface area contributed by atoms with Crippen molar-refractivity contribution in [1.82, 2.24) is 4.31 Å². The van der Waals surface area contributed by atoms with E-state index < -0.39 is 22.7 Å². The monoisotopic (exact) mass is 374 g/mol. The van der Waals surface area contributed by atoms with Crippen molar-refractivity contribution < 1.29 is 21.6 Å². The van der Waals surface area contributed by atoms with Crippen LogP contribution in [0.2, 0.25) is 0 Å². The minimum absolute atomic E-state index is 0.0866. The van der Waals surface area contributed by atoms with Gasteiger partial charge in [0.15, 0.2) is 0 Å². The Morgan fingerprint density at radius 1 is 1.35 bits per heavy atom. The quantitative estimate of drug-likeness (QED) is 0.805. The Balaban J connectivity index is 3.26. The molecule has 0 heterocycles. The Morgan fingerprint density at radius 3 is 2.45 bits per heavy atom. The molecule has 0 radical (unpaired) electrons. The molecule has 0 spiro atoms. The number of nitrogens with zero attached hydrogens (tertiary/aromatic N) is 1. The lowest BCUT2D eigenvalue weighted by atomic mass is 10.3. The first kappa shape index (κ1) is 17.3. The molecule has 20 heavy (non-hydrogen) atoms. The van der Waals surface area contributed by atoms with Crippen molar-refractivity contribution in [3.05, 3.63) is 22.7 Å². The summed E-state index contributed by atoms with van der Waals surface area (Å²) in [5, 5.41) is 0. The van der Waals surface area contributed by atoms with Crippen molar-refractivity contribution in [1.29, 1.82) is 0 Å². The number of halogens is 4. The Kier molecular flexibility index (Phi) is 5.45. The van der Waals surface area contributed by atoms with E-state index in [0.29, 0.717) is 8.78 Å². The third-order valence-electron chi connectivity index (χ3n) is 2.42. The van der Waals surface area contributed by atoms with Crippen molar-refractivity contribution in [3.63, 3.8) is 0 Å². The number of benzene rings is 1. The summed E-state index contributed by atoms with van der Waals surface area (Å²) in [4.78, 5) is -0.329. The summed E-state index contributed by atoms with van der Waals surface area (Å²) >= 11 is 3.08. The first-order valence-electron chi connectivity index (χ1n) is 5.70. The number of anilines is 1. The van der Waals surface area contributed by atoms with Crippen molar-refractivity contribution in [2.45, 2.75) is 24.4 Å². The van der Waals surface area contributed by atoms with Gasteiger partial charge in [-0.05, 0) is 24.6 Å². The maximum Gasteiger partial charge on any atom is 0.402 e. The molecule has 0 bridgehead atoms. The minimum Gasteiger partial charge on any atom is -0.398 e. The lowest BCUT2D eigenvalue weighted by Crippen LogP contribution is -2.39. The number of hydrogen-bond donors (Lipinski definition) is 1. The molecule has 0 saturated heterocycles. The van der Waals surface area contributed by atoms with E-state index >= 15 is 0 Å². The van der Waals surface area contributed by atoms with Crippen LogP contribution < -0.4 is 5.73 Å². The molecule has 0 aliphatic heterocycles. The molecule has 0 atom stereocenters. The summed E-state index contributed by atoms with van der Waals surface area (Å²) in [6, 6.07) is 4.04. The van der Waals surface area contributed by atoms with Gasteiger partial charge in [0.05, 0.1) is 5.69 Å². The number of sulfonamides is 1. The van der Waals surface area contributed by atoms with Gasteiger partial charge in [-0.25, -0.2) is 8.42 Å². The predicted octanol–water partition coefficient (Wildman–Crippen LogP) is 2.99. The molecule has 4 nitrogen and oxygen atoms in total. The lowest BCUT2D eigenvalue weighted by molar-refractivity contribution is -0.136. The van der Waals surface area contributed by atoms with Gasteiger partial charge in [0.2, 0.25) is 10.0 Å². The van der Waals surface area contributed by atoms with Gasteiger partial charge < -0.3 is 5.73 Å². The highest BCUT2D eigenvalue weighted by Gasteiger charge is 2.37. The van der Waals surface area contributed by atoms with Gasteiger partial charge >= 0.3 is 6.18 Å². The van der Waals surface area contributed by atoms with Crippen LogP contribution in [-0.4, -0.2) is 32.0 Å². The summed E-state index contributed by atoms with van der Waals surface area (Å²) in [5.41, 5.74) is 5.48. The number of nitrogen functional groups attached to an aromatic ring is 1. The van der Waals surface area contributed by atoms with E-state index in [4.69, 9.17) is 5.73 Å². The third kappa shape index (κ3) is 4.35. The molecule has 0 amide bonds. The number of alkyl halides is 3. The SMILES string of the molecule is CCCN(CC(F)(F)F)S(=O)(=O)c1cc(Br)ccc1N. The summed E-state index contributed by atoms with van der Waals surface area (Å²) in [5.74, 6) is 0. The zero-order valence-electron chi connectivity index (χ0n) is 10.6. The number of rotatable bonds is 5. The van der Waals surface area contributed by atoms with Crippen LogP contribution in [0.5, 0.6) is 0 Å². The molecule has 114 valence electrons. The Hall–Kier alpha value is -0.800. The summed E-state index contributed by atoms with van der Waals surface area (Å²) in [6.07, 6.45) is -4.34. The Labute approximate surface area is 123 Å². The van der Waals surface area contributed by atoms with E-state index in [-0.39, 0.29) is 23.5 Å². The van der Waals surface area contributed by atoms with Gasteiger partial charge in [0.1, 0.15) is 11.4 Å². The van der Waals surface area contributed by atoms with Gasteiger partial charge in [-0.2, -0.15) is 17.5 Å². The van der Waals surface area contributed by atoms with Crippen LogP contribution in [0, 0.1) is 0 Å². The van der Waals surface area contributed by atoms with Crippen LogP contribution in [-0.2, 0) is 10.0 Å². The van der Waals surface area contributed by atoms with Gasteiger partial charge in [0.25, 0.3) is 0 Å². The fourth-order valence-electron chi connectivity index (χ4n) is 1.60. The molecule has 0 aliphatic rings. The second-order valence-corrected chi connectivity index (χ2v) is 6.96. The first-order chi connectivity index (χ1) is 9.08. The first-order valence-corrected chi connectivity index (χ1v) is 7.93. The van der Waals surface area contributed by atoms with Gasteiger partial charge in [0, 0.05) is 11.0 Å². The lowest BCUT2D eigenvalue weighted by Gasteiger charge is -2.23. The topological polar surface area (TPSA) is 63.4 Å². The second kappa shape index (κ2) is 6.31. The smallest absolute Gasteiger partial charge is 0.398 e. The maximum atomic E-state index is 12.5. The summed E-state index contributed by atoms with van der Waals surface area (Å²) < 4.78 is 62.9. The molecule has 0 fully saturated rings. The van der Waals surface area contributed by atoms with Crippen molar-refractivity contribution in [2.75, 3.05) is 18.8 Å². The van der Waals surface area contributed by atoms with E-state index in [1.165, 1.54) is 18.2 Å². The molecule has 0 aromatic heterocycles. The third-order valence-corrected chi connectivity index (χ3v) is 4.82. The molecular weight excluding hydrogens is 361 g/mol. The zero-order chi connectivity index (χ0) is 15.6. The normalized spacial score (nSPS) is 12.9. The molecule has 0 saturated carbocycles. The largest absolute Gasteiger partial charge is 0.402 e. The van der Waals surface area contributed by atoms with E-state index in [2.05, 4.69) is 15.9 Å². The average Bonchev–Trinajstić information content (AvgIpc) is 2.30. The molecule has 1 aromatic rings. The van der Waals surface area contributed by atoms with Crippen LogP contribution in [0.15, 0.2) is 27.6 Å². The molecule has 0 unspecified atom stereocenters. The Bertz CT molecular complexity index is 576. The Morgan fingerprint density at radius 2 is 1.95 bits per heavy atom. The zero-order valence-corrected chi connectivity index (χ0v) is 13.0. The average molecular weight is 375 g/mol. The second-order valence-electron chi connectivity index (χ2n) is 4.14. The molecule has 1 aromatic carbocycles. The van der Waals surface area contributed by atoms with Gasteiger partial charge in [-0.3, -0.25) is 0 Å². The maximum absolute atomic E-state index is 12.5. The van der Waals surface area contributed by atoms with E-state index in [0.717, 1.165) is 0 Å². The van der Waals surface area contributed by atoms with Crippen LogP contribution in [0.25, 0.3) is 0 Å². The highest BCUT2D eigenvalue weighted by Crippen LogP contribution is 2.28. The number of nitrogens with two attached hydrogens (primary N) is 1. The summed E-state index contributed by atoms with van der Waals surface area (Å²) in [7, 11) is -4.29. The molecule has 0 aliphatic carbocycles. The number of hydrogen-bond acceptors (Lipinski definition) is 3. The highest BCUT2D eigenvalue weighted by molar-refractivity contribution is 9.10. The highest BCUT2D eigenvalue weighted by atomic mass is 79.9. The van der Waals surface area contributed by atoms with E-state index in [1.807, 2.05) is 0 Å². The van der Waals surface area contributed by atoms with Crippen LogP contribution in [0.1, 0.15) is 13.3 Å². The van der Waals surface area contributed by atoms with Crippen molar-refractivity contribution >= 4 is 31.6 Å². The van der Waals surface area contributed by atoms with Crippen LogP contribution >= 0.6 is 15.9 Å².